The fourth-order valence-electron chi connectivity index (χ4n) is 6.89. The van der Waals surface area contributed by atoms with E-state index in [1.165, 1.54) is 11.6 Å². The molecular weight excluding hydrogens is 562 g/mol. The molecule has 0 radical (unpaired) electrons. The predicted molar refractivity (Wildman–Crippen MR) is 168 cm³/mol. The number of hydrogen-bond acceptors (Lipinski definition) is 8. The van der Waals surface area contributed by atoms with Crippen LogP contribution < -0.4 is 9.64 Å². The van der Waals surface area contributed by atoms with Crippen LogP contribution in [0.4, 0.5) is 5.82 Å². The highest BCUT2D eigenvalue weighted by Crippen LogP contribution is 2.40. The number of carbonyl (C=O) groups is 1. The molecule has 0 N–H and O–H groups in total. The molecule has 10 heteroatoms. The summed E-state index contributed by atoms with van der Waals surface area (Å²) in [4.78, 5) is 31.2. The summed E-state index contributed by atoms with van der Waals surface area (Å²) in [5.74, 6) is 0.681. The van der Waals surface area contributed by atoms with Gasteiger partial charge in [-0.3, -0.25) is 9.69 Å². The average Bonchev–Trinajstić information content (AvgIpc) is 3.43. The van der Waals surface area contributed by atoms with Crippen molar-refractivity contribution < 1.29 is 9.53 Å². The number of likely N-dealkylation sites (tertiary alicyclic amines) is 1. The maximum Gasteiger partial charge on any atom is 0.318 e. The third kappa shape index (κ3) is 5.79. The Morgan fingerprint density at radius 2 is 1.95 bits per heavy atom. The van der Waals surface area contributed by atoms with Crippen LogP contribution in [-0.2, 0) is 17.8 Å². The third-order valence-electron chi connectivity index (χ3n) is 9.26. The number of amides is 1. The summed E-state index contributed by atoms with van der Waals surface area (Å²) in [5, 5.41) is 12.5. The first-order valence-electron chi connectivity index (χ1n) is 15.0. The van der Waals surface area contributed by atoms with Crippen LogP contribution >= 0.6 is 11.6 Å². The molecule has 1 amide bonds. The number of ether oxygens (including phenoxy) is 1. The van der Waals surface area contributed by atoms with Gasteiger partial charge in [-0.1, -0.05) is 48.5 Å². The zero-order valence-corrected chi connectivity index (χ0v) is 25.6. The molecule has 0 bridgehead atoms. The Morgan fingerprint density at radius 1 is 1.14 bits per heavy atom. The highest BCUT2D eigenvalue weighted by atomic mass is 35.5. The fourth-order valence-corrected chi connectivity index (χ4v) is 7.19. The van der Waals surface area contributed by atoms with Crippen molar-refractivity contribution in [2.45, 2.75) is 50.4 Å². The van der Waals surface area contributed by atoms with E-state index in [9.17, 15) is 10.1 Å². The molecule has 3 aliphatic rings. The van der Waals surface area contributed by atoms with E-state index in [-0.39, 0.29) is 24.4 Å². The lowest BCUT2D eigenvalue weighted by atomic mass is 9.90. The average molecular weight is 600 g/mol. The van der Waals surface area contributed by atoms with Crippen LogP contribution in [0, 0.1) is 11.3 Å². The molecule has 43 heavy (non-hydrogen) atoms. The molecule has 0 saturated carbocycles. The van der Waals surface area contributed by atoms with Crippen molar-refractivity contribution in [3.05, 3.63) is 70.9 Å². The van der Waals surface area contributed by atoms with Gasteiger partial charge < -0.3 is 19.4 Å². The van der Waals surface area contributed by atoms with Crippen LogP contribution in [0.2, 0.25) is 5.02 Å². The Morgan fingerprint density at radius 3 is 2.70 bits per heavy atom. The third-order valence-corrected chi connectivity index (χ3v) is 9.58. The van der Waals surface area contributed by atoms with Crippen molar-refractivity contribution in [3.8, 4) is 12.1 Å². The Bertz CT molecular complexity index is 1570. The van der Waals surface area contributed by atoms with Crippen molar-refractivity contribution in [2.24, 2.45) is 0 Å². The van der Waals surface area contributed by atoms with Crippen molar-refractivity contribution in [2.75, 3.05) is 51.8 Å². The molecule has 6 rings (SSSR count). The van der Waals surface area contributed by atoms with Crippen LogP contribution in [0.3, 0.4) is 0 Å². The van der Waals surface area contributed by atoms with E-state index in [0.717, 1.165) is 52.3 Å². The number of rotatable bonds is 7. The Labute approximate surface area is 258 Å². The minimum atomic E-state index is -0.252. The predicted octanol–water partition coefficient (Wildman–Crippen LogP) is 4.60. The van der Waals surface area contributed by atoms with Gasteiger partial charge in [0.2, 0.25) is 5.91 Å². The molecule has 2 aromatic carbocycles. The van der Waals surface area contributed by atoms with E-state index < -0.39 is 0 Å². The van der Waals surface area contributed by atoms with E-state index in [2.05, 4.69) is 65.7 Å². The molecule has 3 aliphatic heterocycles. The van der Waals surface area contributed by atoms with Gasteiger partial charge >= 0.3 is 6.01 Å². The second kappa shape index (κ2) is 12.5. The summed E-state index contributed by atoms with van der Waals surface area (Å²) in [6.45, 7) is 7.51. The Kier molecular flexibility index (Phi) is 8.53. The summed E-state index contributed by atoms with van der Waals surface area (Å²) in [6, 6.07) is 15.2. The molecule has 9 nitrogen and oxygen atoms in total. The van der Waals surface area contributed by atoms with Gasteiger partial charge in [-0.15, -0.1) is 0 Å². The van der Waals surface area contributed by atoms with Gasteiger partial charge in [0.15, 0.2) is 0 Å². The number of likely N-dealkylation sites (N-methyl/N-ethyl adjacent to an activating group) is 2. The van der Waals surface area contributed by atoms with E-state index in [1.54, 1.807) is 4.90 Å². The zero-order valence-electron chi connectivity index (χ0n) is 24.9. The number of nitrogens with zero attached hydrogens (tertiary/aromatic N) is 7. The topological polar surface area (TPSA) is 88.8 Å². The smallest absolute Gasteiger partial charge is 0.318 e. The normalized spacial score (nSPS) is 22.8. The molecule has 0 aliphatic carbocycles. The van der Waals surface area contributed by atoms with Crippen molar-refractivity contribution in [1.29, 1.82) is 5.26 Å². The number of benzene rings is 2. The van der Waals surface area contributed by atoms with Gasteiger partial charge in [0.05, 0.1) is 24.2 Å². The van der Waals surface area contributed by atoms with E-state index in [4.69, 9.17) is 26.3 Å². The first-order chi connectivity index (χ1) is 20.9. The molecule has 0 spiro atoms. The van der Waals surface area contributed by atoms with Crippen LogP contribution in [0.1, 0.15) is 42.1 Å². The largest absolute Gasteiger partial charge is 0.462 e. The number of fused-ring (bicyclic) bond motifs is 2. The van der Waals surface area contributed by atoms with Crippen LogP contribution in [0.15, 0.2) is 49.1 Å². The number of hydrogen-bond donors (Lipinski definition) is 0. The molecule has 224 valence electrons. The van der Waals surface area contributed by atoms with Crippen molar-refractivity contribution in [3.63, 3.8) is 0 Å². The van der Waals surface area contributed by atoms with Crippen molar-refractivity contribution >= 4 is 34.1 Å². The highest BCUT2D eigenvalue weighted by Gasteiger charge is 2.35. The van der Waals surface area contributed by atoms with Gasteiger partial charge in [0, 0.05) is 60.7 Å². The van der Waals surface area contributed by atoms with Gasteiger partial charge in [-0.05, 0) is 56.6 Å². The SMILES string of the molecule is C=CC(=O)N1CCN(c2nc(OC[C@@H]3CCCN3C)nc3c2CN(C)C(c2cccc4cccc(Cl)c24)C3)C[C@@H]1CC#N. The highest BCUT2D eigenvalue weighted by molar-refractivity contribution is 6.35. The number of carbonyl (C=O) groups excluding carboxylic acids is 1. The maximum absolute atomic E-state index is 12.6. The molecule has 2 saturated heterocycles. The number of nitriles is 1. The van der Waals surface area contributed by atoms with Gasteiger partial charge in [0.1, 0.15) is 12.4 Å². The lowest BCUT2D eigenvalue weighted by Crippen LogP contribution is -2.55. The summed E-state index contributed by atoms with van der Waals surface area (Å²) in [6.07, 6.45) is 4.51. The minimum Gasteiger partial charge on any atom is -0.462 e. The zero-order chi connectivity index (χ0) is 30.1. The first-order valence-corrected chi connectivity index (χ1v) is 15.4. The monoisotopic (exact) mass is 599 g/mol. The molecule has 3 atom stereocenters. The Balaban J connectivity index is 1.37. The fraction of sp³-hybridized carbons (Fsp3) is 0.455. The number of anilines is 1. The minimum absolute atomic E-state index is 0.0704. The Hall–Kier alpha value is -3.71. The lowest BCUT2D eigenvalue weighted by Gasteiger charge is -2.42. The van der Waals surface area contributed by atoms with E-state index in [0.29, 0.717) is 51.3 Å². The van der Waals surface area contributed by atoms with Gasteiger partial charge in [0.25, 0.3) is 0 Å². The summed E-state index contributed by atoms with van der Waals surface area (Å²) in [7, 11) is 4.27. The number of halogens is 1. The summed E-state index contributed by atoms with van der Waals surface area (Å²) < 4.78 is 6.31. The van der Waals surface area contributed by atoms with E-state index in [1.807, 2.05) is 12.1 Å². The lowest BCUT2D eigenvalue weighted by molar-refractivity contribution is -0.128. The van der Waals surface area contributed by atoms with E-state index >= 15 is 0 Å². The molecule has 1 aromatic heterocycles. The first kappa shape index (κ1) is 29.4. The quantitative estimate of drug-likeness (QED) is 0.364. The second-order valence-corrected chi connectivity index (χ2v) is 12.3. The van der Waals surface area contributed by atoms with Crippen LogP contribution in [0.25, 0.3) is 10.8 Å². The number of aromatic nitrogens is 2. The molecule has 4 heterocycles. The van der Waals surface area contributed by atoms with Crippen LogP contribution in [-0.4, -0.2) is 89.5 Å². The molecule has 1 unspecified atom stereocenters. The van der Waals surface area contributed by atoms with Crippen molar-refractivity contribution in [1.82, 2.24) is 24.7 Å². The molecule has 3 aromatic rings. The summed E-state index contributed by atoms with van der Waals surface area (Å²) >= 11 is 6.75. The standard InChI is InChI=1S/C33H38ClN7O2/c1-4-30(42)41-17-16-40(19-23(41)13-14-35)32-26-20-39(3)29(25-11-5-8-22-9-6-12-27(34)31(22)25)18-28(26)36-33(37-32)43-21-24-10-7-15-38(24)2/h4-6,8-9,11-12,23-24,29H,1,7,10,13,15-21H2,2-3H3/t23-,24-,29?/m0/s1. The summed E-state index contributed by atoms with van der Waals surface area (Å²) in [5.41, 5.74) is 3.21. The van der Waals surface area contributed by atoms with Gasteiger partial charge in [-0.2, -0.15) is 15.2 Å². The second-order valence-electron chi connectivity index (χ2n) is 11.9. The van der Waals surface area contributed by atoms with Gasteiger partial charge in [-0.25, -0.2) is 0 Å². The van der Waals surface area contributed by atoms with Crippen LogP contribution in [0.5, 0.6) is 6.01 Å². The number of piperazine rings is 1. The molecule has 2 fully saturated rings. The molecular formula is C33H38ClN7O2. The maximum atomic E-state index is 12.6.